The molecule has 2 aromatic rings. The van der Waals surface area contributed by atoms with Gasteiger partial charge in [-0.2, -0.15) is 0 Å². The minimum Gasteiger partial charge on any atom is -0.507 e. The van der Waals surface area contributed by atoms with E-state index < -0.39 is 16.6 Å². The lowest BCUT2D eigenvalue weighted by Gasteiger charge is -2.31. The van der Waals surface area contributed by atoms with E-state index in [1.165, 1.54) is 12.1 Å². The highest BCUT2D eigenvalue weighted by molar-refractivity contribution is 5.48. The Hall–Kier alpha value is -2.67. The summed E-state index contributed by atoms with van der Waals surface area (Å²) in [5.41, 5.74) is -0.318. The van der Waals surface area contributed by atoms with Crippen molar-refractivity contribution in [3.05, 3.63) is 67.8 Å². The third-order valence-electron chi connectivity index (χ3n) is 4.75. The van der Waals surface area contributed by atoms with Gasteiger partial charge in [0, 0.05) is 12.1 Å². The number of aromatic hydroxyl groups is 1. The number of hydrogen-bond acceptors (Lipinski definition) is 6. The molecule has 152 valence electrons. The van der Waals surface area contributed by atoms with E-state index in [2.05, 4.69) is 13.8 Å². The topological polar surface area (TPSA) is 96.8 Å². The zero-order valence-corrected chi connectivity index (χ0v) is 16.7. The number of benzene rings is 1. The number of aryl methyl sites for hydroxylation is 1. The molecular weight excluding hydrogens is 360 g/mol. The first-order chi connectivity index (χ1) is 13.4. The van der Waals surface area contributed by atoms with Crippen LogP contribution in [0.1, 0.15) is 62.5 Å². The minimum atomic E-state index is -0.753. The summed E-state index contributed by atoms with van der Waals surface area (Å²) in [5.74, 6) is 0.0936. The van der Waals surface area contributed by atoms with Crippen LogP contribution in [0.4, 0.5) is 5.69 Å². The van der Waals surface area contributed by atoms with Crippen molar-refractivity contribution >= 4 is 5.69 Å². The second kappa shape index (κ2) is 10.0. The van der Waals surface area contributed by atoms with Gasteiger partial charge in [-0.1, -0.05) is 44.9 Å². The molecule has 7 heteroatoms. The second-order valence-corrected chi connectivity index (χ2v) is 6.90. The molecule has 0 spiro atoms. The highest BCUT2D eigenvalue weighted by atomic mass is 16.6. The monoisotopic (exact) mass is 388 g/mol. The minimum absolute atomic E-state index is 0.0482. The van der Waals surface area contributed by atoms with E-state index in [1.54, 1.807) is 25.1 Å². The molecule has 1 atom stereocenters. The summed E-state index contributed by atoms with van der Waals surface area (Å²) in [6.45, 7) is 7.02. The molecule has 1 aromatic heterocycles. The van der Waals surface area contributed by atoms with E-state index in [0.717, 1.165) is 25.7 Å². The van der Waals surface area contributed by atoms with Crippen LogP contribution in [0.3, 0.4) is 0 Å². The molecule has 1 aromatic carbocycles. The number of para-hydroxylation sites is 1. The summed E-state index contributed by atoms with van der Waals surface area (Å²) >= 11 is 0. The number of nitro benzene ring substituents is 1. The molecule has 0 amide bonds. The summed E-state index contributed by atoms with van der Waals surface area (Å²) in [4.78, 5) is 25.9. The Kier molecular flexibility index (Phi) is 7.75. The van der Waals surface area contributed by atoms with E-state index in [9.17, 15) is 20.0 Å². The molecule has 0 saturated carbocycles. The first kappa shape index (κ1) is 21.6. The number of unbranched alkanes of at least 4 members (excludes halogenated alkanes) is 2. The van der Waals surface area contributed by atoms with Crippen molar-refractivity contribution in [3.8, 4) is 5.75 Å². The van der Waals surface area contributed by atoms with Crippen LogP contribution < -0.4 is 5.63 Å². The predicted octanol–water partition coefficient (Wildman–Crippen LogP) is 4.55. The number of nitrogens with zero attached hydrogens (tertiary/aromatic N) is 2. The molecule has 0 aliphatic rings. The Balaban J connectivity index is 2.71. The molecule has 0 radical (unpaired) electrons. The second-order valence-electron chi connectivity index (χ2n) is 6.90. The first-order valence-corrected chi connectivity index (χ1v) is 9.71. The normalized spacial score (nSPS) is 12.3. The van der Waals surface area contributed by atoms with E-state index in [1.807, 2.05) is 4.90 Å². The van der Waals surface area contributed by atoms with Crippen LogP contribution in [0.15, 0.2) is 39.5 Å². The summed E-state index contributed by atoms with van der Waals surface area (Å²) in [6.07, 6.45) is 3.64. The van der Waals surface area contributed by atoms with Crippen molar-refractivity contribution < 1.29 is 14.4 Å². The highest BCUT2D eigenvalue weighted by Crippen LogP contribution is 2.37. The lowest BCUT2D eigenvalue weighted by Crippen LogP contribution is -2.34. The van der Waals surface area contributed by atoms with Crippen LogP contribution in [0.5, 0.6) is 5.75 Å². The highest BCUT2D eigenvalue weighted by Gasteiger charge is 2.33. The third kappa shape index (κ3) is 4.98. The molecular formula is C21H28N2O5. The fraction of sp³-hybridized carbons (Fsp3) is 0.476. The maximum atomic E-state index is 12.7. The van der Waals surface area contributed by atoms with Gasteiger partial charge in [0.05, 0.1) is 16.5 Å². The van der Waals surface area contributed by atoms with Gasteiger partial charge in [0.15, 0.2) is 0 Å². The fourth-order valence-corrected chi connectivity index (χ4v) is 3.37. The molecule has 1 unspecified atom stereocenters. The van der Waals surface area contributed by atoms with Gasteiger partial charge < -0.3 is 9.52 Å². The van der Waals surface area contributed by atoms with Crippen LogP contribution in [-0.2, 0) is 0 Å². The van der Waals surface area contributed by atoms with E-state index in [0.29, 0.717) is 24.4 Å². The average Bonchev–Trinajstić information content (AvgIpc) is 2.65. The van der Waals surface area contributed by atoms with Crippen LogP contribution in [0, 0.1) is 17.0 Å². The van der Waals surface area contributed by atoms with Crippen molar-refractivity contribution in [3.63, 3.8) is 0 Å². The largest absolute Gasteiger partial charge is 0.507 e. The van der Waals surface area contributed by atoms with E-state index >= 15 is 0 Å². The number of rotatable bonds is 10. The maximum Gasteiger partial charge on any atom is 0.344 e. The van der Waals surface area contributed by atoms with Crippen molar-refractivity contribution in [1.82, 2.24) is 4.90 Å². The van der Waals surface area contributed by atoms with E-state index in [4.69, 9.17) is 4.42 Å². The Morgan fingerprint density at radius 3 is 2.32 bits per heavy atom. The van der Waals surface area contributed by atoms with Crippen molar-refractivity contribution in [2.75, 3.05) is 13.1 Å². The van der Waals surface area contributed by atoms with Crippen LogP contribution in [0.2, 0.25) is 0 Å². The summed E-state index contributed by atoms with van der Waals surface area (Å²) in [7, 11) is 0. The Labute approximate surface area is 164 Å². The quantitative estimate of drug-likeness (QED) is 0.474. The number of hydrogen-bond donors (Lipinski definition) is 1. The summed E-state index contributed by atoms with van der Waals surface area (Å²) in [6, 6.07) is 7.01. The lowest BCUT2D eigenvalue weighted by atomic mass is 9.95. The molecule has 0 aliphatic heterocycles. The molecule has 28 heavy (non-hydrogen) atoms. The van der Waals surface area contributed by atoms with Crippen molar-refractivity contribution in [2.24, 2.45) is 0 Å². The van der Waals surface area contributed by atoms with Crippen LogP contribution in [0.25, 0.3) is 0 Å². The third-order valence-corrected chi connectivity index (χ3v) is 4.75. The van der Waals surface area contributed by atoms with Gasteiger partial charge in [-0.05, 0) is 32.9 Å². The molecule has 0 bridgehead atoms. The molecule has 0 fully saturated rings. The first-order valence-electron chi connectivity index (χ1n) is 9.71. The SMILES string of the molecule is CCCCN(CCCC)C(c1ccccc1[N+](=O)[O-])c1c(O)cc(C)oc1=O. The van der Waals surface area contributed by atoms with Gasteiger partial charge in [-0.3, -0.25) is 15.0 Å². The zero-order valence-electron chi connectivity index (χ0n) is 16.7. The van der Waals surface area contributed by atoms with Crippen LogP contribution in [-0.4, -0.2) is 28.0 Å². The van der Waals surface area contributed by atoms with Gasteiger partial charge in [0.2, 0.25) is 0 Å². The zero-order chi connectivity index (χ0) is 20.7. The number of nitro groups is 1. The maximum absolute atomic E-state index is 12.7. The fourth-order valence-electron chi connectivity index (χ4n) is 3.37. The molecule has 2 rings (SSSR count). The predicted molar refractivity (Wildman–Crippen MR) is 108 cm³/mol. The molecule has 7 nitrogen and oxygen atoms in total. The van der Waals surface area contributed by atoms with Gasteiger partial charge in [0.1, 0.15) is 17.1 Å². The van der Waals surface area contributed by atoms with Gasteiger partial charge in [-0.15, -0.1) is 0 Å². The Morgan fingerprint density at radius 1 is 1.18 bits per heavy atom. The van der Waals surface area contributed by atoms with Crippen molar-refractivity contribution in [1.29, 1.82) is 0 Å². The van der Waals surface area contributed by atoms with Gasteiger partial charge >= 0.3 is 5.63 Å². The summed E-state index contributed by atoms with van der Waals surface area (Å²) in [5, 5.41) is 22.2. The van der Waals surface area contributed by atoms with Gasteiger partial charge in [0.25, 0.3) is 5.69 Å². The molecule has 1 N–H and O–H groups in total. The van der Waals surface area contributed by atoms with Crippen molar-refractivity contribution in [2.45, 2.75) is 52.5 Å². The Morgan fingerprint density at radius 2 is 1.79 bits per heavy atom. The molecule has 0 saturated heterocycles. The Bertz CT molecular complexity index is 854. The van der Waals surface area contributed by atoms with Crippen LogP contribution >= 0.6 is 0 Å². The smallest absolute Gasteiger partial charge is 0.344 e. The molecule has 1 heterocycles. The van der Waals surface area contributed by atoms with Gasteiger partial charge in [-0.25, -0.2) is 4.79 Å². The van der Waals surface area contributed by atoms with E-state index in [-0.39, 0.29) is 17.0 Å². The summed E-state index contributed by atoms with van der Waals surface area (Å²) < 4.78 is 5.24. The lowest BCUT2D eigenvalue weighted by molar-refractivity contribution is -0.385. The standard InChI is InChI=1S/C21H28N2O5/c1-4-6-12-22(13-7-5-2)20(16-10-8-9-11-17(16)23(26)27)19-18(24)14-15(3)28-21(19)25/h8-11,14,20,24H,4-7,12-13H2,1-3H3. The molecule has 0 aliphatic carbocycles. The average molecular weight is 388 g/mol.